The molecule has 0 fully saturated rings. The highest BCUT2D eigenvalue weighted by molar-refractivity contribution is 5.45. The van der Waals surface area contributed by atoms with Gasteiger partial charge in [-0.05, 0) is 31.5 Å². The Kier molecular flexibility index (Phi) is 6.01. The lowest BCUT2D eigenvalue weighted by Crippen LogP contribution is -2.30. The van der Waals surface area contributed by atoms with E-state index in [0.717, 1.165) is 19.8 Å². The van der Waals surface area contributed by atoms with Crippen LogP contribution in [0.4, 0.5) is 5.69 Å². The number of anilines is 1. The quantitative estimate of drug-likeness (QED) is 0.786. The number of rotatable bonds is 7. The topological polar surface area (TPSA) is 24.5 Å². The molecule has 1 aromatic rings. The Morgan fingerprint density at radius 3 is 2.41 bits per heavy atom. The molecule has 1 aromatic carbocycles. The van der Waals surface area contributed by atoms with Gasteiger partial charge in [0.15, 0.2) is 0 Å². The molecule has 0 saturated carbocycles. The summed E-state index contributed by atoms with van der Waals surface area (Å²) in [5, 5.41) is 3.44. The Morgan fingerprint density at radius 2 is 1.88 bits per heavy atom. The molecular weight excluding hydrogens is 212 g/mol. The lowest BCUT2D eigenvalue weighted by atomic mass is 10.2. The monoisotopic (exact) mass is 236 g/mol. The summed E-state index contributed by atoms with van der Waals surface area (Å²) in [6.07, 6.45) is 0. The van der Waals surface area contributed by atoms with Crippen LogP contribution in [0.3, 0.4) is 0 Å². The first kappa shape index (κ1) is 14.0. The van der Waals surface area contributed by atoms with E-state index in [0.29, 0.717) is 6.04 Å². The first-order chi connectivity index (χ1) is 8.13. The smallest absolute Gasteiger partial charge is 0.0616 e. The summed E-state index contributed by atoms with van der Waals surface area (Å²) >= 11 is 0. The number of ether oxygens (including phenoxy) is 1. The van der Waals surface area contributed by atoms with Crippen molar-refractivity contribution in [3.05, 3.63) is 29.8 Å². The molecule has 0 amide bonds. The van der Waals surface area contributed by atoms with Crippen LogP contribution in [0.2, 0.25) is 0 Å². The summed E-state index contributed by atoms with van der Waals surface area (Å²) in [5.41, 5.74) is 2.54. The molecule has 0 aliphatic heterocycles. The summed E-state index contributed by atoms with van der Waals surface area (Å²) in [6.45, 7) is 6.61. The van der Waals surface area contributed by atoms with Gasteiger partial charge in [0.2, 0.25) is 0 Å². The van der Waals surface area contributed by atoms with Gasteiger partial charge in [-0.25, -0.2) is 0 Å². The van der Waals surface area contributed by atoms with Crippen molar-refractivity contribution in [2.45, 2.75) is 26.4 Å². The van der Waals surface area contributed by atoms with Crippen LogP contribution >= 0.6 is 0 Å². The van der Waals surface area contributed by atoms with Gasteiger partial charge in [0.05, 0.1) is 6.61 Å². The van der Waals surface area contributed by atoms with E-state index in [1.807, 2.05) is 6.92 Å². The zero-order valence-corrected chi connectivity index (χ0v) is 11.4. The number of hydrogen-bond acceptors (Lipinski definition) is 3. The normalized spacial score (nSPS) is 12.5. The summed E-state index contributed by atoms with van der Waals surface area (Å²) in [4.78, 5) is 2.11. The Morgan fingerprint density at radius 1 is 1.24 bits per heavy atom. The predicted molar refractivity (Wildman–Crippen MR) is 73.6 cm³/mol. The van der Waals surface area contributed by atoms with Crippen molar-refractivity contribution in [3.63, 3.8) is 0 Å². The highest BCUT2D eigenvalue weighted by Gasteiger charge is 2.01. The van der Waals surface area contributed by atoms with Crippen molar-refractivity contribution >= 4 is 5.69 Å². The van der Waals surface area contributed by atoms with E-state index in [1.165, 1.54) is 11.3 Å². The molecule has 0 bridgehead atoms. The third-order valence-corrected chi connectivity index (χ3v) is 2.68. The maximum Gasteiger partial charge on any atom is 0.0616 e. The lowest BCUT2D eigenvalue weighted by molar-refractivity contribution is 0.127. The maximum absolute atomic E-state index is 5.37. The molecule has 1 rings (SSSR count). The minimum absolute atomic E-state index is 0.392. The fourth-order valence-corrected chi connectivity index (χ4v) is 1.56. The molecular formula is C14H24N2O. The van der Waals surface area contributed by atoms with Gasteiger partial charge in [-0.1, -0.05) is 12.1 Å². The third kappa shape index (κ3) is 5.20. The SMILES string of the molecule is CCOCC(C)NCc1ccc(N(C)C)cc1. The molecule has 0 radical (unpaired) electrons. The summed E-state index contributed by atoms with van der Waals surface area (Å²) in [6, 6.07) is 9.00. The molecule has 3 nitrogen and oxygen atoms in total. The standard InChI is InChI=1S/C14H24N2O/c1-5-17-11-12(2)15-10-13-6-8-14(9-7-13)16(3)4/h6-9,12,15H,5,10-11H2,1-4H3. The molecule has 0 saturated heterocycles. The minimum atomic E-state index is 0.392. The Labute approximate surface area is 105 Å². The maximum atomic E-state index is 5.37. The second-order valence-electron chi connectivity index (χ2n) is 4.50. The second-order valence-corrected chi connectivity index (χ2v) is 4.50. The van der Waals surface area contributed by atoms with Crippen LogP contribution in [0, 0.1) is 0 Å². The lowest BCUT2D eigenvalue weighted by Gasteiger charge is -2.15. The minimum Gasteiger partial charge on any atom is -0.380 e. The van der Waals surface area contributed by atoms with Crippen LogP contribution in [-0.4, -0.2) is 33.4 Å². The van der Waals surface area contributed by atoms with Crippen LogP contribution in [0.1, 0.15) is 19.4 Å². The van der Waals surface area contributed by atoms with Gasteiger partial charge in [0.1, 0.15) is 0 Å². The van der Waals surface area contributed by atoms with Gasteiger partial charge < -0.3 is 15.0 Å². The van der Waals surface area contributed by atoms with E-state index in [4.69, 9.17) is 4.74 Å². The number of hydrogen-bond donors (Lipinski definition) is 1. The molecule has 0 heterocycles. The van der Waals surface area contributed by atoms with Gasteiger partial charge in [-0.2, -0.15) is 0 Å². The second kappa shape index (κ2) is 7.30. The van der Waals surface area contributed by atoms with Crippen molar-refractivity contribution in [1.29, 1.82) is 0 Å². The van der Waals surface area contributed by atoms with E-state index in [2.05, 4.69) is 55.5 Å². The van der Waals surface area contributed by atoms with Crippen LogP contribution in [0.15, 0.2) is 24.3 Å². The van der Waals surface area contributed by atoms with Gasteiger partial charge in [-0.15, -0.1) is 0 Å². The van der Waals surface area contributed by atoms with E-state index in [-0.39, 0.29) is 0 Å². The zero-order chi connectivity index (χ0) is 12.7. The van der Waals surface area contributed by atoms with Crippen molar-refractivity contribution in [3.8, 4) is 0 Å². The van der Waals surface area contributed by atoms with E-state index < -0.39 is 0 Å². The van der Waals surface area contributed by atoms with Gasteiger partial charge in [0, 0.05) is 39.0 Å². The molecule has 1 unspecified atom stereocenters. The summed E-state index contributed by atoms with van der Waals surface area (Å²) < 4.78 is 5.37. The molecule has 96 valence electrons. The van der Waals surface area contributed by atoms with Gasteiger partial charge >= 0.3 is 0 Å². The van der Waals surface area contributed by atoms with E-state index in [9.17, 15) is 0 Å². The summed E-state index contributed by atoms with van der Waals surface area (Å²) in [7, 11) is 4.11. The first-order valence-corrected chi connectivity index (χ1v) is 6.21. The zero-order valence-electron chi connectivity index (χ0n) is 11.4. The van der Waals surface area contributed by atoms with Crippen LogP contribution in [0.25, 0.3) is 0 Å². The van der Waals surface area contributed by atoms with Crippen molar-refractivity contribution < 1.29 is 4.74 Å². The van der Waals surface area contributed by atoms with E-state index >= 15 is 0 Å². The van der Waals surface area contributed by atoms with Crippen LogP contribution in [-0.2, 0) is 11.3 Å². The predicted octanol–water partition coefficient (Wildman–Crippen LogP) is 2.27. The molecule has 0 aliphatic carbocycles. The number of nitrogens with one attached hydrogen (secondary N) is 1. The molecule has 0 aromatic heterocycles. The largest absolute Gasteiger partial charge is 0.380 e. The summed E-state index contributed by atoms with van der Waals surface area (Å²) in [5.74, 6) is 0. The number of nitrogens with zero attached hydrogens (tertiary/aromatic N) is 1. The van der Waals surface area contributed by atoms with Crippen molar-refractivity contribution in [1.82, 2.24) is 5.32 Å². The molecule has 3 heteroatoms. The fraction of sp³-hybridized carbons (Fsp3) is 0.571. The number of benzene rings is 1. The van der Waals surface area contributed by atoms with Crippen LogP contribution in [0.5, 0.6) is 0 Å². The third-order valence-electron chi connectivity index (χ3n) is 2.68. The Balaban J connectivity index is 2.36. The Hall–Kier alpha value is -1.06. The molecule has 1 atom stereocenters. The fourth-order valence-electron chi connectivity index (χ4n) is 1.56. The molecule has 1 N–H and O–H groups in total. The van der Waals surface area contributed by atoms with E-state index in [1.54, 1.807) is 0 Å². The highest BCUT2D eigenvalue weighted by Crippen LogP contribution is 2.12. The van der Waals surface area contributed by atoms with Gasteiger partial charge in [-0.3, -0.25) is 0 Å². The van der Waals surface area contributed by atoms with Crippen molar-refractivity contribution in [2.75, 3.05) is 32.2 Å². The first-order valence-electron chi connectivity index (χ1n) is 6.21. The Bertz CT molecular complexity index is 309. The van der Waals surface area contributed by atoms with Crippen LogP contribution < -0.4 is 10.2 Å². The van der Waals surface area contributed by atoms with Crippen molar-refractivity contribution in [2.24, 2.45) is 0 Å². The van der Waals surface area contributed by atoms with Gasteiger partial charge in [0.25, 0.3) is 0 Å². The molecule has 0 spiro atoms. The molecule has 17 heavy (non-hydrogen) atoms. The molecule has 0 aliphatic rings. The highest BCUT2D eigenvalue weighted by atomic mass is 16.5. The average molecular weight is 236 g/mol. The average Bonchev–Trinajstić information content (AvgIpc) is 2.34.